The lowest BCUT2D eigenvalue weighted by Gasteiger charge is -2.32. The molecular weight excluding hydrogens is 306 g/mol. The average Bonchev–Trinajstić information content (AvgIpc) is 2.61. The fourth-order valence-electron chi connectivity index (χ4n) is 2.85. The maximum absolute atomic E-state index is 12.2. The molecule has 0 saturated carbocycles. The summed E-state index contributed by atoms with van der Waals surface area (Å²) in [5, 5.41) is 5.84. The van der Waals surface area contributed by atoms with Crippen LogP contribution in [0.1, 0.15) is 25.7 Å². The van der Waals surface area contributed by atoms with Gasteiger partial charge in [0.15, 0.2) is 0 Å². The van der Waals surface area contributed by atoms with Crippen LogP contribution in [0.5, 0.6) is 0 Å². The van der Waals surface area contributed by atoms with Crippen molar-refractivity contribution in [3.8, 4) is 0 Å². The van der Waals surface area contributed by atoms with Crippen molar-refractivity contribution in [2.24, 2.45) is 5.92 Å². The van der Waals surface area contributed by atoms with Crippen LogP contribution in [0.25, 0.3) is 0 Å². The van der Waals surface area contributed by atoms with Gasteiger partial charge in [0.25, 0.3) is 0 Å². The van der Waals surface area contributed by atoms with Crippen LogP contribution in [0, 0.1) is 5.92 Å². The molecule has 3 amide bonds. The first kappa shape index (κ1) is 18.3. The SMILES string of the molecule is COCCC(=O)NCCC1CCN(C(=O)Nc2ccccc2)CC1. The van der Waals surface area contributed by atoms with E-state index in [0.717, 1.165) is 38.0 Å². The Morgan fingerprint density at radius 2 is 1.92 bits per heavy atom. The van der Waals surface area contributed by atoms with Gasteiger partial charge in [-0.2, -0.15) is 0 Å². The predicted molar refractivity (Wildman–Crippen MR) is 93.9 cm³/mol. The Bertz CT molecular complexity index is 514. The molecule has 0 aliphatic carbocycles. The van der Waals surface area contributed by atoms with Gasteiger partial charge < -0.3 is 20.3 Å². The Balaban J connectivity index is 1.62. The van der Waals surface area contributed by atoms with Crippen LogP contribution in [0.15, 0.2) is 30.3 Å². The number of ether oxygens (including phenoxy) is 1. The number of rotatable bonds is 7. The average molecular weight is 333 g/mol. The highest BCUT2D eigenvalue weighted by Crippen LogP contribution is 2.20. The van der Waals surface area contributed by atoms with E-state index >= 15 is 0 Å². The molecule has 0 aromatic heterocycles. The molecule has 1 aliphatic heterocycles. The first-order valence-electron chi connectivity index (χ1n) is 8.55. The Labute approximate surface area is 143 Å². The number of amides is 3. The Morgan fingerprint density at radius 3 is 2.58 bits per heavy atom. The summed E-state index contributed by atoms with van der Waals surface area (Å²) in [5.41, 5.74) is 0.823. The molecule has 24 heavy (non-hydrogen) atoms. The van der Waals surface area contributed by atoms with Crippen LogP contribution in [0.3, 0.4) is 0 Å². The topological polar surface area (TPSA) is 70.7 Å². The number of methoxy groups -OCH3 is 1. The number of nitrogens with zero attached hydrogens (tertiary/aromatic N) is 1. The van der Waals surface area contributed by atoms with Gasteiger partial charge in [0.05, 0.1) is 6.61 Å². The van der Waals surface area contributed by atoms with E-state index in [4.69, 9.17) is 4.74 Å². The minimum atomic E-state index is -0.0347. The highest BCUT2D eigenvalue weighted by molar-refractivity contribution is 5.89. The predicted octanol–water partition coefficient (Wildman–Crippen LogP) is 2.47. The van der Waals surface area contributed by atoms with Crippen molar-refractivity contribution in [1.82, 2.24) is 10.2 Å². The Morgan fingerprint density at radius 1 is 1.21 bits per heavy atom. The quantitative estimate of drug-likeness (QED) is 0.805. The summed E-state index contributed by atoms with van der Waals surface area (Å²) in [5.74, 6) is 0.602. The zero-order valence-electron chi connectivity index (χ0n) is 14.3. The van der Waals surface area contributed by atoms with E-state index < -0.39 is 0 Å². The third-order valence-electron chi connectivity index (χ3n) is 4.33. The lowest BCUT2D eigenvalue weighted by Crippen LogP contribution is -2.41. The number of carbonyl (C=O) groups excluding carboxylic acids is 2. The van der Waals surface area contributed by atoms with Crippen molar-refractivity contribution < 1.29 is 14.3 Å². The normalized spacial score (nSPS) is 15.1. The highest BCUT2D eigenvalue weighted by atomic mass is 16.5. The van der Waals surface area contributed by atoms with E-state index in [-0.39, 0.29) is 11.9 Å². The third-order valence-corrected chi connectivity index (χ3v) is 4.33. The van der Waals surface area contributed by atoms with Crippen LogP contribution < -0.4 is 10.6 Å². The first-order chi connectivity index (χ1) is 11.7. The lowest BCUT2D eigenvalue weighted by molar-refractivity contribution is -0.122. The second-order valence-electron chi connectivity index (χ2n) is 6.11. The van der Waals surface area contributed by atoms with E-state index in [2.05, 4.69) is 10.6 Å². The van der Waals surface area contributed by atoms with Crippen molar-refractivity contribution >= 4 is 17.6 Å². The number of hydrogen-bond acceptors (Lipinski definition) is 3. The van der Waals surface area contributed by atoms with Gasteiger partial charge in [0.1, 0.15) is 0 Å². The number of piperidine rings is 1. The molecule has 1 saturated heterocycles. The molecule has 6 heteroatoms. The van der Waals surface area contributed by atoms with Crippen LogP contribution in [0.2, 0.25) is 0 Å². The van der Waals surface area contributed by atoms with E-state index in [1.165, 1.54) is 0 Å². The molecule has 0 spiro atoms. The number of likely N-dealkylation sites (tertiary alicyclic amines) is 1. The first-order valence-corrected chi connectivity index (χ1v) is 8.55. The van der Waals surface area contributed by atoms with E-state index in [9.17, 15) is 9.59 Å². The van der Waals surface area contributed by atoms with Gasteiger partial charge in [0, 0.05) is 38.9 Å². The largest absolute Gasteiger partial charge is 0.384 e. The molecule has 2 N–H and O–H groups in total. The van der Waals surface area contributed by atoms with Crippen molar-refractivity contribution in [3.63, 3.8) is 0 Å². The monoisotopic (exact) mass is 333 g/mol. The van der Waals surface area contributed by atoms with Gasteiger partial charge in [-0.15, -0.1) is 0 Å². The molecule has 0 radical (unpaired) electrons. The van der Waals surface area contributed by atoms with Crippen LogP contribution in [0.4, 0.5) is 10.5 Å². The van der Waals surface area contributed by atoms with Crippen LogP contribution >= 0.6 is 0 Å². The molecule has 0 atom stereocenters. The molecule has 1 aliphatic rings. The van der Waals surface area contributed by atoms with E-state index in [1.807, 2.05) is 35.2 Å². The Hall–Kier alpha value is -2.08. The summed E-state index contributed by atoms with van der Waals surface area (Å²) >= 11 is 0. The highest BCUT2D eigenvalue weighted by Gasteiger charge is 2.22. The molecule has 1 aromatic rings. The smallest absolute Gasteiger partial charge is 0.321 e. The number of nitrogens with one attached hydrogen (secondary N) is 2. The second-order valence-corrected chi connectivity index (χ2v) is 6.11. The summed E-state index contributed by atoms with van der Waals surface area (Å²) in [6.07, 6.45) is 3.34. The maximum atomic E-state index is 12.2. The summed E-state index contributed by atoms with van der Waals surface area (Å²) in [7, 11) is 1.59. The summed E-state index contributed by atoms with van der Waals surface area (Å²) in [6.45, 7) is 2.69. The Kier molecular flexibility index (Phi) is 7.55. The van der Waals surface area contributed by atoms with Gasteiger partial charge in [-0.3, -0.25) is 4.79 Å². The summed E-state index contributed by atoms with van der Waals surface area (Å²) in [6, 6.07) is 9.47. The van der Waals surface area contributed by atoms with Gasteiger partial charge >= 0.3 is 6.03 Å². The molecule has 0 bridgehead atoms. The van der Waals surface area contributed by atoms with Crippen molar-refractivity contribution in [1.29, 1.82) is 0 Å². The molecule has 1 heterocycles. The third kappa shape index (κ3) is 6.20. The fourth-order valence-corrected chi connectivity index (χ4v) is 2.85. The van der Waals surface area contributed by atoms with E-state index in [1.54, 1.807) is 7.11 Å². The second kappa shape index (κ2) is 9.93. The zero-order chi connectivity index (χ0) is 17.2. The number of benzene rings is 1. The minimum Gasteiger partial charge on any atom is -0.384 e. The maximum Gasteiger partial charge on any atom is 0.321 e. The fraction of sp³-hybridized carbons (Fsp3) is 0.556. The molecule has 0 unspecified atom stereocenters. The summed E-state index contributed by atoms with van der Waals surface area (Å²) < 4.78 is 4.88. The molecule has 132 valence electrons. The number of hydrogen-bond donors (Lipinski definition) is 2. The number of urea groups is 1. The standard InChI is InChI=1S/C18H27N3O3/c1-24-14-10-17(22)19-11-7-15-8-12-21(13-9-15)18(23)20-16-5-3-2-4-6-16/h2-6,15H,7-14H2,1H3,(H,19,22)(H,20,23). The summed E-state index contributed by atoms with van der Waals surface area (Å²) in [4.78, 5) is 25.6. The zero-order valence-corrected chi connectivity index (χ0v) is 14.3. The minimum absolute atomic E-state index is 0.0347. The van der Waals surface area contributed by atoms with E-state index in [0.29, 0.717) is 25.5 Å². The van der Waals surface area contributed by atoms with Gasteiger partial charge in [0.2, 0.25) is 5.91 Å². The van der Waals surface area contributed by atoms with Crippen molar-refractivity contribution in [2.45, 2.75) is 25.7 Å². The van der Waals surface area contributed by atoms with Gasteiger partial charge in [-0.05, 0) is 37.3 Å². The van der Waals surface area contributed by atoms with Gasteiger partial charge in [-0.1, -0.05) is 18.2 Å². The number of carbonyl (C=O) groups is 2. The molecule has 2 rings (SSSR count). The molecule has 1 aromatic carbocycles. The lowest BCUT2D eigenvalue weighted by atomic mass is 9.94. The molecule has 6 nitrogen and oxygen atoms in total. The van der Waals surface area contributed by atoms with Crippen LogP contribution in [-0.2, 0) is 9.53 Å². The molecular formula is C18H27N3O3. The van der Waals surface area contributed by atoms with Crippen LogP contribution in [-0.4, -0.2) is 50.2 Å². The van der Waals surface area contributed by atoms with Gasteiger partial charge in [-0.25, -0.2) is 4.79 Å². The number of para-hydroxylation sites is 1. The molecule has 1 fully saturated rings. The van der Waals surface area contributed by atoms with Crippen molar-refractivity contribution in [3.05, 3.63) is 30.3 Å². The number of anilines is 1. The van der Waals surface area contributed by atoms with Crippen molar-refractivity contribution in [2.75, 3.05) is 38.7 Å².